The summed E-state index contributed by atoms with van der Waals surface area (Å²) in [5.41, 5.74) is -1.04. The molecule has 1 atom stereocenters. The Morgan fingerprint density at radius 3 is 2.59 bits per heavy atom. The van der Waals surface area contributed by atoms with Crippen molar-refractivity contribution in [1.29, 1.82) is 0 Å². The van der Waals surface area contributed by atoms with Crippen molar-refractivity contribution in [3.8, 4) is 0 Å². The van der Waals surface area contributed by atoms with Gasteiger partial charge in [0.15, 0.2) is 0 Å². The van der Waals surface area contributed by atoms with Gasteiger partial charge in [-0.3, -0.25) is 9.59 Å². The summed E-state index contributed by atoms with van der Waals surface area (Å²) in [6.07, 6.45) is -0.486. The number of anilines is 1. The third-order valence-electron chi connectivity index (χ3n) is 4.96. The van der Waals surface area contributed by atoms with Crippen molar-refractivity contribution in [2.24, 2.45) is 0 Å². The minimum atomic E-state index is -4.65. The Morgan fingerprint density at radius 1 is 1.21 bits per heavy atom. The fourth-order valence-electron chi connectivity index (χ4n) is 3.33. The highest BCUT2D eigenvalue weighted by Gasteiger charge is 2.33. The van der Waals surface area contributed by atoms with E-state index < -0.39 is 23.6 Å². The van der Waals surface area contributed by atoms with E-state index in [-0.39, 0.29) is 22.9 Å². The molecule has 156 valence electrons. The average Bonchev–Trinajstić information content (AvgIpc) is 3.21. The van der Waals surface area contributed by atoms with Crippen molar-refractivity contribution in [1.82, 2.24) is 9.80 Å². The van der Waals surface area contributed by atoms with Crippen LogP contribution in [0.5, 0.6) is 0 Å². The number of alkyl halides is 3. The first-order chi connectivity index (χ1) is 13.6. The summed E-state index contributed by atoms with van der Waals surface area (Å²) in [6.45, 7) is 0.926. The summed E-state index contributed by atoms with van der Waals surface area (Å²) < 4.78 is 44.9. The quantitative estimate of drug-likeness (QED) is 0.836. The highest BCUT2D eigenvalue weighted by molar-refractivity contribution is 6.05. The molecule has 1 fully saturated rings. The van der Waals surface area contributed by atoms with Gasteiger partial charge in [-0.1, -0.05) is 0 Å². The lowest BCUT2D eigenvalue weighted by Gasteiger charge is -2.36. The average molecular weight is 409 g/mol. The molecule has 0 saturated carbocycles. The molecule has 0 aliphatic carbocycles. The first kappa shape index (κ1) is 20.9. The number of piperidine rings is 1. The summed E-state index contributed by atoms with van der Waals surface area (Å²) in [4.78, 5) is 28.7. The lowest BCUT2D eigenvalue weighted by molar-refractivity contribution is -0.137. The maximum absolute atomic E-state index is 13.4. The molecule has 1 aliphatic rings. The Hall–Kier alpha value is -2.81. The van der Waals surface area contributed by atoms with Crippen molar-refractivity contribution in [2.45, 2.75) is 25.1 Å². The van der Waals surface area contributed by atoms with Gasteiger partial charge < -0.3 is 19.5 Å². The van der Waals surface area contributed by atoms with E-state index in [4.69, 9.17) is 4.42 Å². The van der Waals surface area contributed by atoms with Crippen LogP contribution in [-0.4, -0.2) is 54.8 Å². The number of carbonyl (C=O) groups excluding carboxylic acids is 2. The monoisotopic (exact) mass is 409 g/mol. The summed E-state index contributed by atoms with van der Waals surface area (Å²) in [6, 6.07) is 4.46. The number of likely N-dealkylation sites (N-methyl/N-ethyl adjacent to an activating group) is 1. The van der Waals surface area contributed by atoms with E-state index in [2.05, 4.69) is 5.32 Å². The van der Waals surface area contributed by atoms with E-state index in [1.165, 1.54) is 24.7 Å². The van der Waals surface area contributed by atoms with Crippen molar-refractivity contribution in [3.05, 3.63) is 53.5 Å². The van der Waals surface area contributed by atoms with Crippen molar-refractivity contribution >= 4 is 17.5 Å². The number of likely N-dealkylation sites (tertiary alicyclic amines) is 1. The van der Waals surface area contributed by atoms with Crippen molar-refractivity contribution < 1.29 is 27.2 Å². The van der Waals surface area contributed by atoms with Gasteiger partial charge >= 0.3 is 6.18 Å². The van der Waals surface area contributed by atoms with Crippen LogP contribution in [-0.2, 0) is 6.18 Å². The molecule has 9 heteroatoms. The van der Waals surface area contributed by atoms with Crippen LogP contribution in [0.25, 0.3) is 0 Å². The molecule has 1 aliphatic heterocycles. The first-order valence-corrected chi connectivity index (χ1v) is 9.16. The molecule has 6 nitrogen and oxygen atoms in total. The summed E-state index contributed by atoms with van der Waals surface area (Å²) in [5.74, 6) is -1.11. The van der Waals surface area contributed by atoms with E-state index in [0.717, 1.165) is 25.0 Å². The molecule has 1 aromatic heterocycles. The number of amides is 2. The standard InChI is InChI=1S/C20H22F3N3O3/c1-25(2)17-4-3-6-26(11-17)19(28)14-8-15(20(21,22)23)10-16(9-14)24-18(27)13-5-7-29-12-13/h5,7-10,12,17H,3-4,6,11H2,1-2H3,(H,24,27). The Bertz CT molecular complexity index is 879. The van der Waals surface area contributed by atoms with Crippen LogP contribution in [0, 0.1) is 0 Å². The Kier molecular flexibility index (Phi) is 5.97. The molecule has 3 rings (SSSR count). The number of benzene rings is 1. The maximum Gasteiger partial charge on any atom is 0.416 e. The third-order valence-corrected chi connectivity index (χ3v) is 4.96. The summed E-state index contributed by atoms with van der Waals surface area (Å²) in [7, 11) is 3.82. The van der Waals surface area contributed by atoms with Crippen LogP contribution in [0.2, 0.25) is 0 Å². The van der Waals surface area contributed by atoms with Gasteiger partial charge in [0.05, 0.1) is 17.4 Å². The molecule has 1 aromatic carbocycles. The minimum absolute atomic E-state index is 0.101. The highest BCUT2D eigenvalue weighted by atomic mass is 19.4. The van der Waals surface area contributed by atoms with Crippen LogP contribution < -0.4 is 5.32 Å². The SMILES string of the molecule is CN(C)C1CCCN(C(=O)c2cc(NC(=O)c3ccoc3)cc(C(F)(F)F)c2)C1. The predicted molar refractivity (Wildman–Crippen MR) is 101 cm³/mol. The number of carbonyl (C=O) groups is 2. The molecule has 2 aromatic rings. The molecule has 29 heavy (non-hydrogen) atoms. The Labute approximate surface area is 166 Å². The maximum atomic E-state index is 13.4. The molecule has 2 heterocycles. The van der Waals surface area contributed by atoms with Gasteiger partial charge in [-0.05, 0) is 51.2 Å². The highest BCUT2D eigenvalue weighted by Crippen LogP contribution is 2.33. The largest absolute Gasteiger partial charge is 0.472 e. The van der Waals surface area contributed by atoms with E-state index in [9.17, 15) is 22.8 Å². The molecular weight excluding hydrogens is 387 g/mol. The summed E-state index contributed by atoms with van der Waals surface area (Å²) >= 11 is 0. The van der Waals surface area contributed by atoms with E-state index in [0.29, 0.717) is 13.1 Å². The lowest BCUT2D eigenvalue weighted by Crippen LogP contribution is -2.47. The third kappa shape index (κ3) is 4.97. The zero-order valence-corrected chi connectivity index (χ0v) is 16.1. The molecule has 0 spiro atoms. The van der Waals surface area contributed by atoms with E-state index >= 15 is 0 Å². The molecule has 0 bridgehead atoms. The fraction of sp³-hybridized carbons (Fsp3) is 0.400. The second-order valence-electron chi connectivity index (χ2n) is 7.27. The molecule has 0 radical (unpaired) electrons. The molecule has 2 amide bonds. The van der Waals surface area contributed by atoms with Crippen molar-refractivity contribution in [2.75, 3.05) is 32.5 Å². The Balaban J connectivity index is 1.89. The zero-order chi connectivity index (χ0) is 21.2. The number of halogens is 3. The molecular formula is C20H22F3N3O3. The van der Waals surface area contributed by atoms with E-state index in [1.807, 2.05) is 19.0 Å². The van der Waals surface area contributed by atoms with Gasteiger partial charge in [-0.2, -0.15) is 13.2 Å². The van der Waals surface area contributed by atoms with Gasteiger partial charge in [-0.25, -0.2) is 0 Å². The smallest absolute Gasteiger partial charge is 0.416 e. The van der Waals surface area contributed by atoms with Crippen LogP contribution in [0.3, 0.4) is 0 Å². The summed E-state index contributed by atoms with van der Waals surface area (Å²) in [5, 5.41) is 2.40. The van der Waals surface area contributed by atoms with Gasteiger partial charge in [0.2, 0.25) is 0 Å². The molecule has 1 saturated heterocycles. The normalized spacial score (nSPS) is 17.4. The Morgan fingerprint density at radius 2 is 1.97 bits per heavy atom. The van der Waals surface area contributed by atoms with Crippen LogP contribution in [0.15, 0.2) is 41.2 Å². The lowest BCUT2D eigenvalue weighted by atomic mass is 10.0. The number of furan rings is 1. The molecule has 1 unspecified atom stereocenters. The topological polar surface area (TPSA) is 65.8 Å². The van der Waals surface area contributed by atoms with Crippen LogP contribution in [0.1, 0.15) is 39.1 Å². The number of nitrogens with one attached hydrogen (secondary N) is 1. The van der Waals surface area contributed by atoms with Gasteiger partial charge in [-0.15, -0.1) is 0 Å². The number of hydrogen-bond acceptors (Lipinski definition) is 4. The van der Waals surface area contributed by atoms with Gasteiger partial charge in [0, 0.05) is 30.4 Å². The predicted octanol–water partition coefficient (Wildman–Crippen LogP) is 3.72. The number of rotatable bonds is 4. The zero-order valence-electron chi connectivity index (χ0n) is 16.1. The fourth-order valence-corrected chi connectivity index (χ4v) is 3.33. The number of nitrogens with zero attached hydrogens (tertiary/aromatic N) is 2. The first-order valence-electron chi connectivity index (χ1n) is 9.16. The molecule has 1 N–H and O–H groups in total. The van der Waals surface area contributed by atoms with Gasteiger partial charge in [0.25, 0.3) is 11.8 Å². The second kappa shape index (κ2) is 8.28. The van der Waals surface area contributed by atoms with E-state index in [1.54, 1.807) is 4.90 Å². The van der Waals surface area contributed by atoms with Crippen molar-refractivity contribution in [3.63, 3.8) is 0 Å². The number of hydrogen-bond donors (Lipinski definition) is 1. The minimum Gasteiger partial charge on any atom is -0.472 e. The van der Waals surface area contributed by atoms with Crippen LogP contribution >= 0.6 is 0 Å². The second-order valence-corrected chi connectivity index (χ2v) is 7.27. The van der Waals surface area contributed by atoms with Gasteiger partial charge in [0.1, 0.15) is 6.26 Å². The van der Waals surface area contributed by atoms with Crippen LogP contribution in [0.4, 0.5) is 18.9 Å².